The minimum absolute atomic E-state index is 0.0178. The van der Waals surface area contributed by atoms with Crippen LogP contribution in [0.2, 0.25) is 0 Å². The third-order valence-corrected chi connectivity index (χ3v) is 5.90. The molecule has 4 aromatic rings. The lowest BCUT2D eigenvalue weighted by molar-refractivity contribution is -0.137. The second-order valence-corrected chi connectivity index (χ2v) is 8.16. The van der Waals surface area contributed by atoms with Gasteiger partial charge in [0.05, 0.1) is 23.0 Å². The van der Waals surface area contributed by atoms with Gasteiger partial charge in [-0.15, -0.1) is 0 Å². The lowest BCUT2D eigenvalue weighted by atomic mass is 10.0. The summed E-state index contributed by atoms with van der Waals surface area (Å²) in [4.78, 5) is 23.2. The van der Waals surface area contributed by atoms with Crippen LogP contribution < -0.4 is 10.2 Å². The summed E-state index contributed by atoms with van der Waals surface area (Å²) in [5.74, 6) is -1.35. The van der Waals surface area contributed by atoms with Gasteiger partial charge in [-0.05, 0) is 55.2 Å². The molecule has 1 saturated heterocycles. The number of hydrogen-bond donors (Lipinski definition) is 2. The second-order valence-electron chi connectivity index (χ2n) is 8.16. The molecular formula is C24H21F3N6O. The van der Waals surface area contributed by atoms with Crippen LogP contribution in [0.15, 0.2) is 55.0 Å². The maximum Gasteiger partial charge on any atom is 0.419 e. The number of carbonyl (C=O) groups excluding carboxylic acids is 1. The fourth-order valence-corrected chi connectivity index (χ4v) is 4.18. The summed E-state index contributed by atoms with van der Waals surface area (Å²) in [5.41, 5.74) is 2.29. The molecule has 0 unspecified atom stereocenters. The number of aromatic nitrogens is 4. The molecular weight excluding hydrogens is 445 g/mol. The summed E-state index contributed by atoms with van der Waals surface area (Å²) < 4.78 is 39.8. The van der Waals surface area contributed by atoms with Gasteiger partial charge in [0.2, 0.25) is 0 Å². The number of aromatic amines is 1. The molecule has 174 valence electrons. The number of hydrogen-bond acceptors (Lipinski definition) is 5. The molecule has 1 amide bonds. The van der Waals surface area contributed by atoms with Gasteiger partial charge in [0, 0.05) is 36.4 Å². The Balaban J connectivity index is 1.46. The van der Waals surface area contributed by atoms with Gasteiger partial charge < -0.3 is 10.2 Å². The molecule has 10 heteroatoms. The number of benzene rings is 1. The first-order chi connectivity index (χ1) is 16.4. The number of alkyl halides is 3. The Bertz CT molecular complexity index is 1340. The molecule has 3 aromatic heterocycles. The number of rotatable bonds is 4. The average Bonchev–Trinajstić information content (AvgIpc) is 3.28. The van der Waals surface area contributed by atoms with Crippen molar-refractivity contribution in [2.75, 3.05) is 23.3 Å². The van der Waals surface area contributed by atoms with Gasteiger partial charge in [-0.25, -0.2) is 4.98 Å². The molecule has 0 saturated carbocycles. The molecule has 2 N–H and O–H groups in total. The van der Waals surface area contributed by atoms with Gasteiger partial charge >= 0.3 is 6.18 Å². The quantitative estimate of drug-likeness (QED) is 0.427. The molecule has 0 spiro atoms. The van der Waals surface area contributed by atoms with Crippen molar-refractivity contribution in [2.24, 2.45) is 0 Å². The number of nitrogens with one attached hydrogen (secondary N) is 2. The highest BCUT2D eigenvalue weighted by Gasteiger charge is 2.35. The first-order valence-electron chi connectivity index (χ1n) is 10.9. The second kappa shape index (κ2) is 8.77. The van der Waals surface area contributed by atoms with E-state index < -0.39 is 23.5 Å². The Morgan fingerprint density at radius 2 is 1.85 bits per heavy atom. The number of halogens is 3. The molecule has 1 aromatic carbocycles. The predicted octanol–water partition coefficient (Wildman–Crippen LogP) is 5.28. The standard InChI is InChI=1S/C24H21F3N6O/c25-24(26,27)19-5-4-8-29-22(19)30-23(34)21-18-12-15(6-7-20(18)31-32-21)16-11-17(14-28-13-16)33-9-2-1-3-10-33/h4-8,11-14H,1-3,9-10H2,(H,31,32)(H,29,30,34). The topological polar surface area (TPSA) is 86.8 Å². The monoisotopic (exact) mass is 466 g/mol. The van der Waals surface area contributed by atoms with E-state index in [0.717, 1.165) is 48.8 Å². The largest absolute Gasteiger partial charge is 0.419 e. The average molecular weight is 466 g/mol. The number of anilines is 2. The predicted molar refractivity (Wildman–Crippen MR) is 123 cm³/mol. The lowest BCUT2D eigenvalue weighted by Gasteiger charge is -2.28. The molecule has 34 heavy (non-hydrogen) atoms. The van der Waals surface area contributed by atoms with Crippen molar-refractivity contribution in [2.45, 2.75) is 25.4 Å². The summed E-state index contributed by atoms with van der Waals surface area (Å²) in [6, 6.07) is 9.55. The van der Waals surface area contributed by atoms with E-state index in [1.165, 1.54) is 18.7 Å². The van der Waals surface area contributed by atoms with Crippen LogP contribution in [0.3, 0.4) is 0 Å². The fourth-order valence-electron chi connectivity index (χ4n) is 4.18. The van der Waals surface area contributed by atoms with Crippen LogP contribution in [0.1, 0.15) is 35.3 Å². The molecule has 0 radical (unpaired) electrons. The van der Waals surface area contributed by atoms with Crippen LogP contribution in [0.4, 0.5) is 24.7 Å². The highest BCUT2D eigenvalue weighted by atomic mass is 19.4. The van der Waals surface area contributed by atoms with E-state index >= 15 is 0 Å². The molecule has 0 aliphatic carbocycles. The maximum absolute atomic E-state index is 13.3. The number of nitrogens with zero attached hydrogens (tertiary/aromatic N) is 4. The molecule has 0 bridgehead atoms. The first-order valence-corrected chi connectivity index (χ1v) is 10.9. The highest BCUT2D eigenvalue weighted by Crippen LogP contribution is 2.34. The van der Waals surface area contributed by atoms with E-state index in [9.17, 15) is 18.0 Å². The van der Waals surface area contributed by atoms with Crippen molar-refractivity contribution in [3.8, 4) is 11.1 Å². The highest BCUT2D eigenvalue weighted by molar-refractivity contribution is 6.11. The number of piperidine rings is 1. The fraction of sp³-hybridized carbons (Fsp3) is 0.250. The van der Waals surface area contributed by atoms with Crippen LogP contribution in [0, 0.1) is 0 Å². The number of H-pyrrole nitrogens is 1. The van der Waals surface area contributed by atoms with Crippen LogP contribution in [-0.2, 0) is 6.18 Å². The molecule has 5 rings (SSSR count). The van der Waals surface area contributed by atoms with Crippen molar-refractivity contribution in [3.05, 3.63) is 66.2 Å². The zero-order valence-corrected chi connectivity index (χ0v) is 18.1. The summed E-state index contributed by atoms with van der Waals surface area (Å²) in [6.45, 7) is 1.98. The summed E-state index contributed by atoms with van der Waals surface area (Å²) in [7, 11) is 0. The Hall–Kier alpha value is -3.95. The van der Waals surface area contributed by atoms with E-state index in [1.807, 2.05) is 12.3 Å². The van der Waals surface area contributed by atoms with Gasteiger partial charge in [0.1, 0.15) is 5.82 Å². The van der Waals surface area contributed by atoms with Gasteiger partial charge in [-0.3, -0.25) is 14.9 Å². The Labute approximate surface area is 193 Å². The van der Waals surface area contributed by atoms with Crippen molar-refractivity contribution in [3.63, 3.8) is 0 Å². The molecule has 1 aliphatic heterocycles. The van der Waals surface area contributed by atoms with Gasteiger partial charge in [0.15, 0.2) is 5.69 Å². The number of pyridine rings is 2. The molecule has 0 atom stereocenters. The molecule has 1 fully saturated rings. The molecule has 1 aliphatic rings. The van der Waals surface area contributed by atoms with Crippen LogP contribution in [0.25, 0.3) is 22.0 Å². The number of amides is 1. The van der Waals surface area contributed by atoms with Crippen molar-refractivity contribution in [1.29, 1.82) is 0 Å². The minimum atomic E-state index is -4.65. The zero-order chi connectivity index (χ0) is 23.7. The summed E-state index contributed by atoms with van der Waals surface area (Å²) in [6.07, 6.45) is 3.66. The Morgan fingerprint density at radius 1 is 1.03 bits per heavy atom. The van der Waals surface area contributed by atoms with E-state index in [0.29, 0.717) is 10.9 Å². The van der Waals surface area contributed by atoms with E-state index in [2.05, 4.69) is 36.4 Å². The minimum Gasteiger partial charge on any atom is -0.370 e. The summed E-state index contributed by atoms with van der Waals surface area (Å²) in [5, 5.41) is 9.54. The first kappa shape index (κ1) is 21.9. The lowest BCUT2D eigenvalue weighted by Crippen LogP contribution is -2.29. The van der Waals surface area contributed by atoms with Gasteiger partial charge in [-0.2, -0.15) is 18.3 Å². The number of carbonyl (C=O) groups is 1. The maximum atomic E-state index is 13.3. The zero-order valence-electron chi connectivity index (χ0n) is 18.1. The normalized spacial score (nSPS) is 14.4. The SMILES string of the molecule is O=C(Nc1ncccc1C(F)(F)F)c1n[nH]c2ccc(-c3cncc(N4CCCCC4)c3)cc12. The van der Waals surface area contributed by atoms with Gasteiger partial charge in [-0.1, -0.05) is 6.07 Å². The third-order valence-electron chi connectivity index (χ3n) is 5.90. The van der Waals surface area contributed by atoms with E-state index in [4.69, 9.17) is 0 Å². The molecule has 7 nitrogen and oxygen atoms in total. The van der Waals surface area contributed by atoms with Gasteiger partial charge in [0.25, 0.3) is 5.91 Å². The van der Waals surface area contributed by atoms with E-state index in [1.54, 1.807) is 18.3 Å². The number of fused-ring (bicyclic) bond motifs is 1. The third kappa shape index (κ3) is 4.30. The van der Waals surface area contributed by atoms with E-state index in [-0.39, 0.29) is 5.69 Å². The van der Waals surface area contributed by atoms with Crippen LogP contribution in [-0.4, -0.2) is 39.2 Å². The van der Waals surface area contributed by atoms with Crippen molar-refractivity contribution >= 4 is 28.3 Å². The summed E-state index contributed by atoms with van der Waals surface area (Å²) >= 11 is 0. The smallest absolute Gasteiger partial charge is 0.370 e. The van der Waals surface area contributed by atoms with Crippen LogP contribution in [0.5, 0.6) is 0 Å². The Kier molecular flexibility index (Phi) is 5.64. The molecule has 4 heterocycles. The Morgan fingerprint density at radius 3 is 2.65 bits per heavy atom. The van der Waals surface area contributed by atoms with Crippen molar-refractivity contribution in [1.82, 2.24) is 20.2 Å². The van der Waals surface area contributed by atoms with Crippen LogP contribution >= 0.6 is 0 Å². The van der Waals surface area contributed by atoms with Crippen molar-refractivity contribution < 1.29 is 18.0 Å².